The van der Waals surface area contributed by atoms with Crippen molar-refractivity contribution >= 4 is 0 Å². The van der Waals surface area contributed by atoms with E-state index in [1.54, 1.807) is 0 Å². The van der Waals surface area contributed by atoms with Gasteiger partial charge in [0.25, 0.3) is 0 Å². The second kappa shape index (κ2) is 10.8. The van der Waals surface area contributed by atoms with Gasteiger partial charge in [0, 0.05) is 5.41 Å². The Kier molecular flexibility index (Phi) is 7.40. The number of fused-ring (bicyclic) bond motifs is 3. The third-order valence-electron chi connectivity index (χ3n) is 10.1. The smallest absolute Gasteiger partial charge is 0.0582 e. The number of hydrogen-bond acceptors (Lipinski definition) is 0. The van der Waals surface area contributed by atoms with Crippen LogP contribution in [0.2, 0.25) is 0 Å². The Morgan fingerprint density at radius 1 is 0.628 bits per heavy atom. The fourth-order valence-electron chi connectivity index (χ4n) is 7.98. The highest BCUT2D eigenvalue weighted by Crippen LogP contribution is 2.61. The van der Waals surface area contributed by atoms with Crippen LogP contribution in [0.1, 0.15) is 107 Å². The average molecular weight is 565 g/mol. The third kappa shape index (κ3) is 4.75. The number of allylic oxidation sites excluding steroid dienone is 4. The fourth-order valence-corrected chi connectivity index (χ4v) is 7.98. The third-order valence-corrected chi connectivity index (χ3v) is 10.1. The van der Waals surface area contributed by atoms with Gasteiger partial charge < -0.3 is 0 Å². The van der Waals surface area contributed by atoms with E-state index >= 15 is 0 Å². The molecule has 0 heterocycles. The van der Waals surface area contributed by atoms with Crippen LogP contribution in [0.15, 0.2) is 115 Å². The first-order valence-electron chi connectivity index (χ1n) is 16.3. The minimum Gasteiger partial charge on any atom is -0.0730 e. The van der Waals surface area contributed by atoms with E-state index in [9.17, 15) is 0 Å². The Bertz CT molecular complexity index is 1610. The summed E-state index contributed by atoms with van der Waals surface area (Å²) >= 11 is 0. The van der Waals surface area contributed by atoms with Gasteiger partial charge in [0.1, 0.15) is 0 Å². The summed E-state index contributed by atoms with van der Waals surface area (Å²) in [7, 11) is 0. The quantitative estimate of drug-likeness (QED) is 0.172. The van der Waals surface area contributed by atoms with Crippen LogP contribution in [0.4, 0.5) is 0 Å². The van der Waals surface area contributed by atoms with Gasteiger partial charge >= 0.3 is 0 Å². The second-order valence-corrected chi connectivity index (χ2v) is 14.9. The Balaban J connectivity index is 1.79. The lowest BCUT2D eigenvalue weighted by Gasteiger charge is -2.51. The highest BCUT2D eigenvalue weighted by Gasteiger charge is 2.55. The second-order valence-electron chi connectivity index (χ2n) is 14.9. The van der Waals surface area contributed by atoms with Gasteiger partial charge in [-0.05, 0) is 73.7 Å². The summed E-state index contributed by atoms with van der Waals surface area (Å²) < 4.78 is 0. The van der Waals surface area contributed by atoms with Gasteiger partial charge in [-0.1, -0.05) is 177 Å². The summed E-state index contributed by atoms with van der Waals surface area (Å²) in [5.74, 6) is 0. The summed E-state index contributed by atoms with van der Waals surface area (Å²) in [6.07, 6.45) is 14.1. The topological polar surface area (TPSA) is 0 Å². The van der Waals surface area contributed by atoms with Gasteiger partial charge in [0.05, 0.1) is 5.41 Å². The average Bonchev–Trinajstić information content (AvgIpc) is 3.62. The lowest BCUT2D eigenvalue weighted by Crippen LogP contribution is -2.47. The van der Waals surface area contributed by atoms with Crippen molar-refractivity contribution in [1.29, 1.82) is 0 Å². The molecule has 0 radical (unpaired) electrons. The molecule has 0 nitrogen and oxygen atoms in total. The van der Waals surface area contributed by atoms with Crippen molar-refractivity contribution in [1.82, 2.24) is 0 Å². The maximum Gasteiger partial charge on any atom is 0.0582 e. The van der Waals surface area contributed by atoms with Gasteiger partial charge in [-0.25, -0.2) is 0 Å². The van der Waals surface area contributed by atoms with E-state index in [0.29, 0.717) is 0 Å². The highest BCUT2D eigenvalue weighted by molar-refractivity contribution is 5.81. The zero-order valence-corrected chi connectivity index (χ0v) is 27.3. The monoisotopic (exact) mass is 564 g/mol. The van der Waals surface area contributed by atoms with Crippen LogP contribution < -0.4 is 0 Å². The molecule has 6 rings (SSSR count). The van der Waals surface area contributed by atoms with E-state index in [0.717, 1.165) is 12.8 Å². The predicted molar refractivity (Wildman–Crippen MR) is 185 cm³/mol. The number of hydrogen-bond donors (Lipinski definition) is 0. The molecule has 0 amide bonds. The lowest BCUT2D eigenvalue weighted by molar-refractivity contribution is 0.299. The minimum atomic E-state index is -0.406. The Hall–Kier alpha value is -3.64. The Morgan fingerprint density at radius 2 is 1.21 bits per heavy atom. The van der Waals surface area contributed by atoms with Gasteiger partial charge in [0.15, 0.2) is 0 Å². The number of benzene rings is 4. The molecule has 0 unspecified atom stereocenters. The molecule has 0 atom stereocenters. The number of rotatable bonds is 7. The molecule has 0 heteroatoms. The van der Waals surface area contributed by atoms with E-state index in [4.69, 9.17) is 0 Å². The fraction of sp³-hybridized carbons (Fsp3) is 0.349. The van der Waals surface area contributed by atoms with Gasteiger partial charge in [-0.2, -0.15) is 0 Å². The molecule has 0 fully saturated rings. The Labute approximate surface area is 260 Å². The summed E-state index contributed by atoms with van der Waals surface area (Å²) in [6, 6.07) is 35.0. The Morgan fingerprint density at radius 3 is 1.74 bits per heavy atom. The molecule has 0 saturated heterocycles. The molecule has 43 heavy (non-hydrogen) atoms. The molecule has 4 aromatic rings. The van der Waals surface area contributed by atoms with Crippen molar-refractivity contribution in [3.63, 3.8) is 0 Å². The zero-order valence-electron chi connectivity index (χ0n) is 27.3. The zero-order chi connectivity index (χ0) is 30.5. The molecule has 0 aliphatic heterocycles. The first-order valence-corrected chi connectivity index (χ1v) is 16.3. The van der Waals surface area contributed by atoms with Crippen molar-refractivity contribution in [3.8, 4) is 11.1 Å². The van der Waals surface area contributed by atoms with E-state index in [1.165, 1.54) is 62.9 Å². The molecule has 0 N–H and O–H groups in total. The standard InChI is InChI=1S/C43H48/c1-8-9-26-42(27-16-17-28-42)43(32-18-12-10-13-19-32,33-20-14-11-15-21-33)39-37-30-31-29-34(40(2,3)4)22-23-35(31)36(37)24-25-38(39)41(5,6)7/h10-25,27-29H,8-9,26,30H2,1-7H3. The van der Waals surface area contributed by atoms with Gasteiger partial charge in [-0.3, -0.25) is 0 Å². The lowest BCUT2D eigenvalue weighted by atomic mass is 9.50. The maximum atomic E-state index is 2.54. The normalized spacial score (nSPS) is 15.5. The van der Waals surface area contributed by atoms with Crippen molar-refractivity contribution in [2.45, 2.75) is 90.4 Å². The maximum absolute atomic E-state index is 2.54. The van der Waals surface area contributed by atoms with Crippen molar-refractivity contribution in [2.75, 3.05) is 0 Å². The van der Waals surface area contributed by atoms with E-state index in [-0.39, 0.29) is 16.2 Å². The molecule has 2 aliphatic carbocycles. The van der Waals surface area contributed by atoms with E-state index in [2.05, 4.69) is 164 Å². The van der Waals surface area contributed by atoms with Crippen LogP contribution >= 0.6 is 0 Å². The van der Waals surface area contributed by atoms with Crippen LogP contribution in [0.25, 0.3) is 11.1 Å². The van der Waals surface area contributed by atoms with Gasteiger partial charge in [-0.15, -0.1) is 0 Å². The predicted octanol–water partition coefficient (Wildman–Crippen LogP) is 11.5. The van der Waals surface area contributed by atoms with Crippen LogP contribution in [0, 0.1) is 5.41 Å². The largest absolute Gasteiger partial charge is 0.0730 e. The molecule has 0 saturated carbocycles. The molecule has 0 aromatic heterocycles. The number of unbranched alkanes of at least 4 members (excludes halogenated alkanes) is 1. The SMILES string of the molecule is CCCCC1(C(c2ccccc2)(c2ccccc2)c2c(C(C)(C)C)ccc3c2Cc2cc(C(C)(C)C)ccc2-3)C=CC=C1. The highest BCUT2D eigenvalue weighted by atomic mass is 14.6. The van der Waals surface area contributed by atoms with E-state index < -0.39 is 5.41 Å². The molecular formula is C43H48. The van der Waals surface area contributed by atoms with Crippen LogP contribution in [-0.2, 0) is 22.7 Å². The van der Waals surface area contributed by atoms with E-state index in [1.807, 2.05) is 0 Å². The minimum absolute atomic E-state index is 0.0392. The molecule has 4 aromatic carbocycles. The first kappa shape index (κ1) is 29.4. The van der Waals surface area contributed by atoms with Crippen LogP contribution in [-0.4, -0.2) is 0 Å². The van der Waals surface area contributed by atoms with Crippen molar-refractivity contribution in [3.05, 3.63) is 154 Å². The molecule has 0 bridgehead atoms. The summed E-state index contributed by atoms with van der Waals surface area (Å²) in [5, 5.41) is 0. The molecule has 0 spiro atoms. The summed E-state index contributed by atoms with van der Waals surface area (Å²) in [4.78, 5) is 0. The van der Waals surface area contributed by atoms with Crippen molar-refractivity contribution < 1.29 is 0 Å². The first-order chi connectivity index (χ1) is 20.5. The summed E-state index contributed by atoms with van der Waals surface area (Å²) in [5.41, 5.74) is 12.4. The molecule has 2 aliphatic rings. The van der Waals surface area contributed by atoms with Gasteiger partial charge in [0.2, 0.25) is 0 Å². The molecule has 220 valence electrons. The summed E-state index contributed by atoms with van der Waals surface area (Å²) in [6.45, 7) is 16.5. The molecular weight excluding hydrogens is 516 g/mol. The van der Waals surface area contributed by atoms with Crippen LogP contribution in [0.3, 0.4) is 0 Å². The van der Waals surface area contributed by atoms with Crippen molar-refractivity contribution in [2.24, 2.45) is 5.41 Å². The van der Waals surface area contributed by atoms with Crippen LogP contribution in [0.5, 0.6) is 0 Å².